The fraction of sp³-hybridized carbons (Fsp3) is 0.267. The number of rotatable bonds is 5. The van der Waals surface area contributed by atoms with Gasteiger partial charge in [0.05, 0.1) is 23.5 Å². The molecule has 1 heterocycles. The van der Waals surface area contributed by atoms with Crippen molar-refractivity contribution >= 4 is 17.7 Å². The predicted molar refractivity (Wildman–Crippen MR) is 81.3 cm³/mol. The summed E-state index contributed by atoms with van der Waals surface area (Å²) in [7, 11) is 0. The number of non-ortho nitro benzene ring substituents is 1. The van der Waals surface area contributed by atoms with Gasteiger partial charge in [-0.3, -0.25) is 14.9 Å². The van der Waals surface area contributed by atoms with E-state index in [0.29, 0.717) is 5.56 Å². The first-order valence-corrected chi connectivity index (χ1v) is 6.98. The molecule has 1 fully saturated rings. The fourth-order valence-corrected chi connectivity index (χ4v) is 2.36. The lowest BCUT2D eigenvalue weighted by molar-refractivity contribution is -0.384. The van der Waals surface area contributed by atoms with Crippen LogP contribution < -0.4 is 10.6 Å². The smallest absolute Gasteiger partial charge is 0.319 e. The standard InChI is InChI=1S/C15H14N4O5/c1-9-12(14(20)24-7-3-6-16)13(18-15(21)17-9)10-4-2-5-11(8-10)19(22)23/h2,4-5,8,12-13H,1,3,7H2,(H2,17,18,21)/t12-,13+/m0/s1. The van der Waals surface area contributed by atoms with E-state index in [-0.39, 0.29) is 24.4 Å². The lowest BCUT2D eigenvalue weighted by Gasteiger charge is -2.33. The molecule has 1 saturated heterocycles. The van der Waals surface area contributed by atoms with Crippen molar-refractivity contribution in [2.45, 2.75) is 12.5 Å². The summed E-state index contributed by atoms with van der Waals surface area (Å²) in [6.45, 7) is 3.57. The number of amides is 2. The molecule has 24 heavy (non-hydrogen) atoms. The number of benzene rings is 1. The van der Waals surface area contributed by atoms with E-state index in [1.54, 1.807) is 6.07 Å². The van der Waals surface area contributed by atoms with E-state index in [1.807, 2.05) is 6.07 Å². The molecule has 124 valence electrons. The van der Waals surface area contributed by atoms with Crippen LogP contribution in [0.4, 0.5) is 10.5 Å². The van der Waals surface area contributed by atoms with Crippen molar-refractivity contribution in [3.05, 3.63) is 52.2 Å². The highest BCUT2D eigenvalue weighted by Gasteiger charge is 2.39. The molecule has 2 amide bonds. The zero-order chi connectivity index (χ0) is 17.7. The lowest BCUT2D eigenvalue weighted by Crippen LogP contribution is -2.51. The quantitative estimate of drug-likeness (QED) is 0.364. The summed E-state index contributed by atoms with van der Waals surface area (Å²) in [6, 6.07) is 6.02. The molecule has 0 unspecified atom stereocenters. The van der Waals surface area contributed by atoms with Crippen LogP contribution in [0.25, 0.3) is 0 Å². The molecule has 1 aromatic carbocycles. The monoisotopic (exact) mass is 330 g/mol. The molecular weight excluding hydrogens is 316 g/mol. The Balaban J connectivity index is 2.32. The number of nitro groups is 1. The maximum atomic E-state index is 12.3. The number of nitriles is 1. The van der Waals surface area contributed by atoms with Crippen molar-refractivity contribution in [1.29, 1.82) is 5.26 Å². The molecule has 0 saturated carbocycles. The molecule has 0 aromatic heterocycles. The summed E-state index contributed by atoms with van der Waals surface area (Å²) in [5.41, 5.74) is 0.335. The summed E-state index contributed by atoms with van der Waals surface area (Å²) in [5.74, 6) is -1.65. The van der Waals surface area contributed by atoms with Gasteiger partial charge in [0.25, 0.3) is 5.69 Å². The van der Waals surface area contributed by atoms with E-state index in [2.05, 4.69) is 17.2 Å². The number of urea groups is 1. The Morgan fingerprint density at radius 1 is 1.50 bits per heavy atom. The second-order valence-corrected chi connectivity index (χ2v) is 5.01. The van der Waals surface area contributed by atoms with Crippen LogP contribution in [0.3, 0.4) is 0 Å². The zero-order valence-corrected chi connectivity index (χ0v) is 12.5. The highest BCUT2D eigenvalue weighted by atomic mass is 16.6. The van der Waals surface area contributed by atoms with Crippen molar-refractivity contribution in [2.24, 2.45) is 5.92 Å². The van der Waals surface area contributed by atoms with Crippen LogP contribution in [0.2, 0.25) is 0 Å². The van der Waals surface area contributed by atoms with E-state index in [1.165, 1.54) is 18.2 Å². The Kier molecular flexibility index (Phi) is 5.11. The molecule has 1 aromatic rings. The molecule has 1 aliphatic heterocycles. The number of esters is 1. The number of hydrogen-bond donors (Lipinski definition) is 2. The molecule has 0 bridgehead atoms. The Morgan fingerprint density at radius 3 is 2.92 bits per heavy atom. The van der Waals surface area contributed by atoms with Crippen molar-refractivity contribution < 1.29 is 19.2 Å². The van der Waals surface area contributed by atoms with Gasteiger partial charge in [-0.15, -0.1) is 0 Å². The van der Waals surface area contributed by atoms with Crippen LogP contribution >= 0.6 is 0 Å². The summed E-state index contributed by atoms with van der Waals surface area (Å²) in [6.07, 6.45) is 0.0339. The third-order valence-electron chi connectivity index (χ3n) is 3.42. The van der Waals surface area contributed by atoms with E-state index >= 15 is 0 Å². The van der Waals surface area contributed by atoms with Crippen molar-refractivity contribution in [3.63, 3.8) is 0 Å². The van der Waals surface area contributed by atoms with E-state index in [0.717, 1.165) is 0 Å². The molecule has 2 N–H and O–H groups in total. The minimum atomic E-state index is -0.969. The molecule has 0 radical (unpaired) electrons. The molecule has 9 nitrogen and oxygen atoms in total. The van der Waals surface area contributed by atoms with Gasteiger partial charge in [-0.25, -0.2) is 4.79 Å². The SMILES string of the molecule is C=C1NC(=O)N[C@H](c2cccc([N+](=O)[O-])c2)[C@H]1C(=O)OCCC#N. The first-order chi connectivity index (χ1) is 11.4. The highest BCUT2D eigenvalue weighted by molar-refractivity contribution is 5.85. The van der Waals surface area contributed by atoms with Gasteiger partial charge in [0, 0.05) is 17.8 Å². The Morgan fingerprint density at radius 2 is 2.25 bits per heavy atom. The van der Waals surface area contributed by atoms with Crippen LogP contribution in [-0.4, -0.2) is 23.5 Å². The Labute approximate surface area is 137 Å². The average Bonchev–Trinajstić information content (AvgIpc) is 2.54. The van der Waals surface area contributed by atoms with Gasteiger partial charge in [-0.1, -0.05) is 18.7 Å². The van der Waals surface area contributed by atoms with Crippen molar-refractivity contribution in [1.82, 2.24) is 10.6 Å². The van der Waals surface area contributed by atoms with Crippen molar-refractivity contribution in [3.8, 4) is 6.07 Å². The molecule has 2 rings (SSSR count). The number of hydrogen-bond acceptors (Lipinski definition) is 6. The minimum absolute atomic E-state index is 0.0339. The summed E-state index contributed by atoms with van der Waals surface area (Å²) < 4.78 is 5.01. The van der Waals surface area contributed by atoms with E-state index < -0.39 is 28.9 Å². The predicted octanol–water partition coefficient (Wildman–Crippen LogP) is 1.54. The fourth-order valence-electron chi connectivity index (χ4n) is 2.36. The van der Waals surface area contributed by atoms with Crippen LogP contribution in [-0.2, 0) is 9.53 Å². The summed E-state index contributed by atoms with van der Waals surface area (Å²) >= 11 is 0. The first-order valence-electron chi connectivity index (χ1n) is 6.98. The van der Waals surface area contributed by atoms with Gasteiger partial charge in [-0.05, 0) is 5.56 Å². The summed E-state index contributed by atoms with van der Waals surface area (Å²) in [5, 5.41) is 24.4. The van der Waals surface area contributed by atoms with E-state index in [4.69, 9.17) is 10.00 Å². The second-order valence-electron chi connectivity index (χ2n) is 5.01. The molecule has 0 spiro atoms. The summed E-state index contributed by atoms with van der Waals surface area (Å²) in [4.78, 5) is 34.3. The van der Waals surface area contributed by atoms with Gasteiger partial charge in [0.1, 0.15) is 12.5 Å². The average molecular weight is 330 g/mol. The Hall–Kier alpha value is -3.41. The lowest BCUT2D eigenvalue weighted by atomic mass is 9.89. The number of carbonyl (C=O) groups is 2. The van der Waals surface area contributed by atoms with Crippen LogP contribution in [0.15, 0.2) is 36.5 Å². The number of ether oxygens (including phenoxy) is 1. The molecule has 9 heteroatoms. The van der Waals surface area contributed by atoms with E-state index in [9.17, 15) is 19.7 Å². The van der Waals surface area contributed by atoms with Gasteiger partial charge in [-0.2, -0.15) is 5.26 Å². The number of nitrogens with one attached hydrogen (secondary N) is 2. The second kappa shape index (κ2) is 7.23. The molecule has 1 aliphatic rings. The number of carbonyl (C=O) groups excluding carboxylic acids is 2. The first kappa shape index (κ1) is 17.0. The minimum Gasteiger partial charge on any atom is -0.464 e. The maximum absolute atomic E-state index is 12.3. The maximum Gasteiger partial charge on any atom is 0.319 e. The highest BCUT2D eigenvalue weighted by Crippen LogP contribution is 2.31. The van der Waals surface area contributed by atoms with Gasteiger partial charge in [0.15, 0.2) is 0 Å². The number of nitro benzene ring substituents is 1. The topological polar surface area (TPSA) is 134 Å². The van der Waals surface area contributed by atoms with Crippen LogP contribution in [0, 0.1) is 27.4 Å². The molecule has 2 atom stereocenters. The van der Waals surface area contributed by atoms with Crippen LogP contribution in [0.5, 0.6) is 0 Å². The third kappa shape index (κ3) is 3.67. The molecular formula is C15H14N4O5. The molecule has 0 aliphatic carbocycles. The third-order valence-corrected chi connectivity index (χ3v) is 3.42. The van der Waals surface area contributed by atoms with Gasteiger partial charge >= 0.3 is 12.0 Å². The normalized spacial score (nSPS) is 19.6. The van der Waals surface area contributed by atoms with Gasteiger partial charge in [0.2, 0.25) is 0 Å². The van der Waals surface area contributed by atoms with Gasteiger partial charge < -0.3 is 15.4 Å². The largest absolute Gasteiger partial charge is 0.464 e. The zero-order valence-electron chi connectivity index (χ0n) is 12.5. The Bertz CT molecular complexity index is 740. The number of nitrogens with zero attached hydrogens (tertiary/aromatic N) is 2. The van der Waals surface area contributed by atoms with Crippen molar-refractivity contribution in [2.75, 3.05) is 6.61 Å². The van der Waals surface area contributed by atoms with Crippen LogP contribution in [0.1, 0.15) is 18.0 Å².